The van der Waals surface area contributed by atoms with E-state index in [4.69, 9.17) is 9.15 Å². The van der Waals surface area contributed by atoms with Gasteiger partial charge < -0.3 is 14.1 Å². The molecular weight excluding hydrogens is 346 g/mol. The van der Waals surface area contributed by atoms with Gasteiger partial charge in [0, 0.05) is 12.2 Å². The highest BCUT2D eigenvalue weighted by molar-refractivity contribution is 7.99. The molecule has 0 atom stereocenters. The van der Waals surface area contributed by atoms with Gasteiger partial charge in [-0.15, -0.1) is 10.2 Å². The lowest BCUT2D eigenvalue weighted by atomic mass is 10.0. The van der Waals surface area contributed by atoms with Gasteiger partial charge in [0.15, 0.2) is 0 Å². The number of amides is 1. The Kier molecular flexibility index (Phi) is 5.68. The van der Waals surface area contributed by atoms with Crippen LogP contribution >= 0.6 is 23.5 Å². The van der Waals surface area contributed by atoms with Crippen LogP contribution in [-0.4, -0.2) is 41.8 Å². The van der Waals surface area contributed by atoms with Crippen LogP contribution in [0.25, 0.3) is 0 Å². The van der Waals surface area contributed by atoms with Crippen LogP contribution in [0.15, 0.2) is 27.8 Å². The van der Waals surface area contributed by atoms with Crippen LogP contribution in [-0.2, 0) is 17.0 Å². The van der Waals surface area contributed by atoms with Crippen LogP contribution in [0, 0.1) is 0 Å². The molecule has 3 rings (SSSR count). The first-order chi connectivity index (χ1) is 11.7. The first-order valence-electron chi connectivity index (χ1n) is 7.62. The van der Waals surface area contributed by atoms with Crippen molar-refractivity contribution in [3.8, 4) is 5.75 Å². The number of anilines is 1. The molecule has 24 heavy (non-hydrogen) atoms. The van der Waals surface area contributed by atoms with Gasteiger partial charge in [-0.25, -0.2) is 0 Å². The Morgan fingerprint density at radius 1 is 1.42 bits per heavy atom. The SMILES string of the molecule is COc1ccc2c(c1)CCCN2C(=O)CSc1nnc(CSC)o1. The number of rotatable bonds is 6. The predicted molar refractivity (Wildman–Crippen MR) is 95.9 cm³/mol. The number of ether oxygens (including phenoxy) is 1. The maximum Gasteiger partial charge on any atom is 0.277 e. The van der Waals surface area contributed by atoms with Crippen molar-refractivity contribution < 1.29 is 13.9 Å². The summed E-state index contributed by atoms with van der Waals surface area (Å²) in [5.41, 5.74) is 2.13. The quantitative estimate of drug-likeness (QED) is 0.729. The molecule has 0 unspecified atom stereocenters. The van der Waals surface area contributed by atoms with Gasteiger partial charge in [-0.2, -0.15) is 11.8 Å². The minimum absolute atomic E-state index is 0.0516. The van der Waals surface area contributed by atoms with Crippen molar-refractivity contribution >= 4 is 35.1 Å². The molecule has 128 valence electrons. The van der Waals surface area contributed by atoms with Gasteiger partial charge >= 0.3 is 0 Å². The molecule has 0 fully saturated rings. The number of carbonyl (C=O) groups is 1. The minimum atomic E-state index is 0.0516. The van der Waals surface area contributed by atoms with Crippen molar-refractivity contribution in [1.82, 2.24) is 10.2 Å². The second-order valence-electron chi connectivity index (χ2n) is 5.33. The Bertz CT molecular complexity index is 720. The Morgan fingerprint density at radius 2 is 2.29 bits per heavy atom. The topological polar surface area (TPSA) is 68.5 Å². The fraction of sp³-hybridized carbons (Fsp3) is 0.438. The molecule has 0 radical (unpaired) electrons. The summed E-state index contributed by atoms with van der Waals surface area (Å²) in [4.78, 5) is 14.4. The van der Waals surface area contributed by atoms with Crippen LogP contribution in [0.2, 0.25) is 0 Å². The van der Waals surface area contributed by atoms with E-state index in [1.807, 2.05) is 29.4 Å². The van der Waals surface area contributed by atoms with Crippen LogP contribution in [0.3, 0.4) is 0 Å². The van der Waals surface area contributed by atoms with E-state index in [1.54, 1.807) is 18.9 Å². The lowest BCUT2D eigenvalue weighted by Crippen LogP contribution is -2.36. The fourth-order valence-corrected chi connectivity index (χ4v) is 3.66. The first kappa shape index (κ1) is 17.2. The third-order valence-electron chi connectivity index (χ3n) is 3.74. The van der Waals surface area contributed by atoms with Gasteiger partial charge in [0.1, 0.15) is 5.75 Å². The van der Waals surface area contributed by atoms with E-state index in [9.17, 15) is 4.79 Å². The highest BCUT2D eigenvalue weighted by Gasteiger charge is 2.23. The summed E-state index contributed by atoms with van der Waals surface area (Å²) in [5.74, 6) is 2.43. The zero-order chi connectivity index (χ0) is 16.9. The highest BCUT2D eigenvalue weighted by Crippen LogP contribution is 2.31. The second-order valence-corrected chi connectivity index (χ2v) is 7.12. The zero-order valence-electron chi connectivity index (χ0n) is 13.7. The molecule has 0 spiro atoms. The molecule has 0 saturated carbocycles. The van der Waals surface area contributed by atoms with Crippen LogP contribution in [0.4, 0.5) is 5.69 Å². The normalized spacial score (nSPS) is 13.7. The molecule has 1 aromatic carbocycles. The fourth-order valence-electron chi connectivity index (χ4n) is 2.64. The number of aryl methyl sites for hydroxylation is 1. The van der Waals surface area contributed by atoms with Crippen LogP contribution < -0.4 is 9.64 Å². The number of thioether (sulfide) groups is 2. The van der Waals surface area contributed by atoms with Gasteiger partial charge in [-0.05, 0) is 42.9 Å². The van der Waals surface area contributed by atoms with E-state index in [0.717, 1.165) is 36.4 Å². The average Bonchev–Trinajstić information content (AvgIpc) is 3.06. The maximum atomic E-state index is 12.6. The predicted octanol–water partition coefficient (Wildman–Crippen LogP) is 3.01. The summed E-state index contributed by atoms with van der Waals surface area (Å²) in [6.45, 7) is 0.736. The van der Waals surface area contributed by atoms with Crippen molar-refractivity contribution in [3.63, 3.8) is 0 Å². The molecule has 1 aliphatic rings. The maximum absolute atomic E-state index is 12.6. The Balaban J connectivity index is 1.65. The van der Waals surface area contributed by atoms with E-state index >= 15 is 0 Å². The van der Waals surface area contributed by atoms with Gasteiger partial charge in [0.2, 0.25) is 11.8 Å². The van der Waals surface area contributed by atoms with Gasteiger partial charge in [0.25, 0.3) is 5.22 Å². The molecule has 2 heterocycles. The Hall–Kier alpha value is -1.67. The van der Waals surface area contributed by atoms with Gasteiger partial charge in [0.05, 0.1) is 18.6 Å². The summed E-state index contributed by atoms with van der Waals surface area (Å²) in [6, 6.07) is 5.86. The molecule has 1 aliphatic heterocycles. The van der Waals surface area contributed by atoms with Crippen LogP contribution in [0.1, 0.15) is 17.9 Å². The smallest absolute Gasteiger partial charge is 0.277 e. The number of fused-ring (bicyclic) bond motifs is 1. The molecule has 0 aliphatic carbocycles. The van der Waals surface area contributed by atoms with Crippen molar-refractivity contribution in [2.75, 3.05) is 30.6 Å². The van der Waals surface area contributed by atoms with E-state index in [2.05, 4.69) is 10.2 Å². The van der Waals surface area contributed by atoms with Gasteiger partial charge in [-0.3, -0.25) is 4.79 Å². The average molecular weight is 365 g/mol. The summed E-state index contributed by atoms with van der Waals surface area (Å²) < 4.78 is 10.8. The summed E-state index contributed by atoms with van der Waals surface area (Å²) in [5, 5.41) is 8.36. The third-order valence-corrected chi connectivity index (χ3v) is 5.08. The zero-order valence-corrected chi connectivity index (χ0v) is 15.3. The van der Waals surface area contributed by atoms with Crippen molar-refractivity contribution in [2.24, 2.45) is 0 Å². The molecule has 0 saturated heterocycles. The van der Waals surface area contributed by atoms with E-state index in [1.165, 1.54) is 11.8 Å². The number of methoxy groups -OCH3 is 1. The minimum Gasteiger partial charge on any atom is -0.497 e. The number of carbonyl (C=O) groups excluding carboxylic acids is 1. The van der Waals surface area contributed by atoms with Gasteiger partial charge in [-0.1, -0.05) is 11.8 Å². The molecule has 2 aromatic rings. The molecule has 1 aromatic heterocycles. The third kappa shape index (κ3) is 3.87. The summed E-state index contributed by atoms with van der Waals surface area (Å²) in [7, 11) is 1.65. The monoisotopic (exact) mass is 365 g/mol. The van der Waals surface area contributed by atoms with Crippen molar-refractivity contribution in [1.29, 1.82) is 0 Å². The highest BCUT2D eigenvalue weighted by atomic mass is 32.2. The number of hydrogen-bond acceptors (Lipinski definition) is 7. The molecular formula is C16H19N3O3S2. The molecule has 8 heteroatoms. The van der Waals surface area contributed by atoms with E-state index in [-0.39, 0.29) is 11.7 Å². The molecule has 1 amide bonds. The van der Waals surface area contributed by atoms with E-state index < -0.39 is 0 Å². The summed E-state index contributed by atoms with van der Waals surface area (Å²) >= 11 is 2.91. The lowest BCUT2D eigenvalue weighted by Gasteiger charge is -2.29. The standard InChI is InChI=1S/C16H19N3O3S2/c1-21-12-5-6-13-11(8-12)4-3-7-19(13)15(20)10-24-16-18-17-14(22-16)9-23-2/h5-6,8H,3-4,7,9-10H2,1-2H3. The van der Waals surface area contributed by atoms with E-state index in [0.29, 0.717) is 16.9 Å². The summed E-state index contributed by atoms with van der Waals surface area (Å²) in [6.07, 6.45) is 3.89. The number of aromatic nitrogens is 2. The molecule has 0 bridgehead atoms. The number of nitrogens with zero attached hydrogens (tertiary/aromatic N) is 3. The lowest BCUT2D eigenvalue weighted by molar-refractivity contribution is -0.116. The van der Waals surface area contributed by atoms with Crippen LogP contribution in [0.5, 0.6) is 5.75 Å². The Labute approximate surface area is 149 Å². The second kappa shape index (κ2) is 7.94. The number of benzene rings is 1. The number of hydrogen-bond donors (Lipinski definition) is 0. The molecule has 0 N–H and O–H groups in total. The van der Waals surface area contributed by atoms with Crippen molar-refractivity contribution in [3.05, 3.63) is 29.7 Å². The van der Waals surface area contributed by atoms with Crippen molar-refractivity contribution in [2.45, 2.75) is 23.8 Å². The Morgan fingerprint density at radius 3 is 3.08 bits per heavy atom. The first-order valence-corrected chi connectivity index (χ1v) is 10.0. The largest absolute Gasteiger partial charge is 0.497 e. The molecule has 6 nitrogen and oxygen atoms in total.